The molecule has 0 aromatic rings. The molecule has 0 aromatic heterocycles. The smallest absolute Gasteiger partial charge is 0.329 e. The van der Waals surface area contributed by atoms with Crippen molar-refractivity contribution >= 4 is 23.4 Å². The first-order chi connectivity index (χ1) is 27.0. The number of ketones is 2. The summed E-state index contributed by atoms with van der Waals surface area (Å²) in [5, 5.41) is 34.1. The van der Waals surface area contributed by atoms with Crippen LogP contribution in [0.3, 0.4) is 0 Å². The number of amides is 1. The van der Waals surface area contributed by atoms with Crippen LogP contribution in [0.4, 0.5) is 0 Å². The summed E-state index contributed by atoms with van der Waals surface area (Å²) in [6.45, 7) is 13.1. The van der Waals surface area contributed by atoms with Gasteiger partial charge in [-0.25, -0.2) is 4.79 Å². The number of Topliss-reactive ketones (excluding diaryl/α,β-unsaturated/α-hetero) is 2. The number of methoxy groups -OCH3 is 3. The molecule has 14 atom stereocenters. The maximum atomic E-state index is 14.3. The molecule has 0 spiro atoms. The molecule has 3 fully saturated rings. The van der Waals surface area contributed by atoms with Gasteiger partial charge >= 0.3 is 5.97 Å². The quantitative estimate of drug-likeness (QED) is 0.185. The molecule has 2 bridgehead atoms. The highest BCUT2D eigenvalue weighted by molar-refractivity contribution is 6.39. The van der Waals surface area contributed by atoms with Crippen LogP contribution in [0.15, 0.2) is 36.0 Å². The van der Waals surface area contributed by atoms with Gasteiger partial charge in [0.25, 0.3) is 11.7 Å². The van der Waals surface area contributed by atoms with E-state index in [2.05, 4.69) is 6.58 Å². The minimum atomic E-state index is -2.51. The number of esters is 1. The van der Waals surface area contributed by atoms with Gasteiger partial charge in [0.1, 0.15) is 24.0 Å². The van der Waals surface area contributed by atoms with Crippen molar-refractivity contribution in [3.63, 3.8) is 0 Å². The van der Waals surface area contributed by atoms with E-state index in [1.54, 1.807) is 27.0 Å². The molecule has 0 radical (unpaired) electrons. The number of allylic oxidation sites excluding steroid dienone is 4. The summed E-state index contributed by atoms with van der Waals surface area (Å²) in [6, 6.07) is -1.14. The van der Waals surface area contributed by atoms with Gasteiger partial charge < -0.3 is 43.9 Å². The average molecular weight is 804 g/mol. The number of carbonyl (C=O) groups is 4. The van der Waals surface area contributed by atoms with Gasteiger partial charge in [-0.3, -0.25) is 14.4 Å². The lowest BCUT2D eigenvalue weighted by atomic mass is 9.81. The zero-order chi connectivity index (χ0) is 42.2. The first kappa shape index (κ1) is 46.9. The fourth-order valence-electron chi connectivity index (χ4n) is 9.42. The summed E-state index contributed by atoms with van der Waals surface area (Å²) in [4.78, 5) is 57.8. The van der Waals surface area contributed by atoms with E-state index in [1.165, 1.54) is 19.1 Å². The Morgan fingerprint density at radius 3 is 2.25 bits per heavy atom. The monoisotopic (exact) mass is 803 g/mol. The molecule has 1 saturated carbocycles. The number of ether oxygens (including phenoxy) is 5. The summed E-state index contributed by atoms with van der Waals surface area (Å²) in [7, 11) is 4.61. The molecule has 0 aromatic carbocycles. The predicted molar refractivity (Wildman–Crippen MR) is 213 cm³/mol. The SMILES string of the molecule is C=CC[C@@H]1/C=C(/C)CC(C)C[C@H](OC)[C@@H]2O[C@@](O)(C(=O)C(=O)N3CCCCC3C(=O)O[C@H](/C(C)=C/[C@@H]3CC[C@@H](O)[C@@H](OC)C3)[C@H](C)[C@@H](O)CC1=O)[C@H](C)C[C@@H]2OC. The lowest BCUT2D eigenvalue weighted by molar-refractivity contribution is -0.302. The first-order valence-corrected chi connectivity index (χ1v) is 20.9. The third kappa shape index (κ3) is 11.3. The molecule has 13 heteroatoms. The van der Waals surface area contributed by atoms with Crippen LogP contribution in [0.25, 0.3) is 0 Å². The van der Waals surface area contributed by atoms with E-state index >= 15 is 0 Å². The number of nitrogens with zero attached hydrogens (tertiary/aromatic N) is 1. The van der Waals surface area contributed by atoms with Crippen molar-refractivity contribution < 1.29 is 58.2 Å². The summed E-state index contributed by atoms with van der Waals surface area (Å²) < 4.78 is 29.7. The molecular formula is C44H69NO12. The Bertz CT molecular complexity index is 1480. The number of carbonyl (C=O) groups excluding carboxylic acids is 4. The Morgan fingerprint density at radius 1 is 0.930 bits per heavy atom. The molecule has 2 saturated heterocycles. The fraction of sp³-hybridized carbons (Fsp3) is 0.773. The molecular weight excluding hydrogens is 734 g/mol. The average Bonchev–Trinajstić information content (AvgIpc) is 3.18. The Kier molecular flexibility index (Phi) is 17.2. The van der Waals surface area contributed by atoms with Crippen LogP contribution in [0.1, 0.15) is 105 Å². The van der Waals surface area contributed by atoms with E-state index in [0.29, 0.717) is 56.9 Å². The highest BCUT2D eigenvalue weighted by Crippen LogP contribution is 2.39. The predicted octanol–water partition coefficient (Wildman–Crippen LogP) is 4.64. The van der Waals surface area contributed by atoms with Crippen molar-refractivity contribution in [3.05, 3.63) is 36.0 Å². The van der Waals surface area contributed by atoms with E-state index in [4.69, 9.17) is 23.7 Å². The normalized spacial score (nSPS) is 41.0. The van der Waals surface area contributed by atoms with Crippen molar-refractivity contribution in [2.75, 3.05) is 27.9 Å². The molecule has 1 amide bonds. The van der Waals surface area contributed by atoms with Gasteiger partial charge in [0, 0.05) is 52.0 Å². The molecule has 57 heavy (non-hydrogen) atoms. The van der Waals surface area contributed by atoms with E-state index in [0.717, 1.165) is 5.57 Å². The first-order valence-electron chi connectivity index (χ1n) is 20.9. The number of hydrogen-bond acceptors (Lipinski definition) is 12. The largest absolute Gasteiger partial charge is 0.456 e. The number of piperidine rings is 1. The van der Waals surface area contributed by atoms with Crippen molar-refractivity contribution in [1.82, 2.24) is 4.90 Å². The third-order valence-corrected chi connectivity index (χ3v) is 12.9. The number of cyclic esters (lactones) is 1. The lowest BCUT2D eigenvalue weighted by Gasteiger charge is -2.47. The second-order valence-corrected chi connectivity index (χ2v) is 17.3. The van der Waals surface area contributed by atoms with Gasteiger partial charge in [0.05, 0.1) is 30.5 Å². The maximum absolute atomic E-state index is 14.3. The topological polar surface area (TPSA) is 178 Å². The Balaban J connectivity index is 1.78. The highest BCUT2D eigenvalue weighted by atomic mass is 16.7. The number of aliphatic hydroxyl groups excluding tert-OH is 2. The van der Waals surface area contributed by atoms with Crippen molar-refractivity contribution in [2.24, 2.45) is 29.6 Å². The van der Waals surface area contributed by atoms with Gasteiger partial charge in [-0.2, -0.15) is 0 Å². The van der Waals surface area contributed by atoms with Crippen molar-refractivity contribution in [2.45, 2.75) is 160 Å². The molecule has 3 heterocycles. The number of aliphatic hydroxyl groups is 3. The van der Waals surface area contributed by atoms with E-state index in [9.17, 15) is 34.5 Å². The minimum absolute atomic E-state index is 0.00988. The van der Waals surface area contributed by atoms with E-state index in [1.807, 2.05) is 32.9 Å². The van der Waals surface area contributed by atoms with Crippen LogP contribution in [0, 0.1) is 29.6 Å². The van der Waals surface area contributed by atoms with Crippen molar-refractivity contribution in [3.8, 4) is 0 Å². The summed E-state index contributed by atoms with van der Waals surface area (Å²) in [5.41, 5.74) is 1.61. The van der Waals surface area contributed by atoms with Crippen LogP contribution in [-0.2, 0) is 42.9 Å². The molecule has 3 N–H and O–H groups in total. The number of fused-ring (bicyclic) bond motifs is 3. The van der Waals surface area contributed by atoms with Crippen molar-refractivity contribution in [1.29, 1.82) is 0 Å². The zero-order valence-electron chi connectivity index (χ0n) is 35.4. The Labute approximate surface area is 339 Å². The molecule has 13 nitrogen and oxygen atoms in total. The molecule has 3 aliphatic heterocycles. The lowest BCUT2D eigenvalue weighted by Crippen LogP contribution is -2.64. The molecule has 322 valence electrons. The molecule has 1 aliphatic carbocycles. The van der Waals surface area contributed by atoms with E-state index in [-0.39, 0.29) is 49.5 Å². The van der Waals surface area contributed by atoms with E-state index < -0.39 is 83.9 Å². The van der Waals surface area contributed by atoms with Crippen LogP contribution in [0.2, 0.25) is 0 Å². The Morgan fingerprint density at radius 2 is 1.60 bits per heavy atom. The minimum Gasteiger partial charge on any atom is -0.456 e. The second kappa shape index (κ2) is 21.0. The molecule has 2 unspecified atom stereocenters. The van der Waals surface area contributed by atoms with Crippen LogP contribution < -0.4 is 0 Å². The molecule has 4 rings (SSSR count). The van der Waals surface area contributed by atoms with Crippen LogP contribution in [0.5, 0.6) is 0 Å². The highest BCUT2D eigenvalue weighted by Gasteiger charge is 2.56. The standard InChI is InChI=1S/C44H69NO12/c1-10-13-31-19-25(2)18-26(3)20-37(54-8)40-38(55-9)22-28(5)44(52,57-40)41(49)42(50)45-17-12-11-14-32(45)43(51)56-39(29(6)34(47)24-35(31)48)27(4)21-30-15-16-33(46)36(23-30)53-7/h10,19,21,26,28-34,36-40,46-47,52H,1,11-18,20,22-24H2,2-9H3/b25-19-,27-21+/t26?,28-,29-,30+,31-,32?,33-,34+,36+,37+,38+,39-,40+,44-/m1/s1. The summed E-state index contributed by atoms with van der Waals surface area (Å²) >= 11 is 0. The number of hydrogen-bond donors (Lipinski definition) is 3. The van der Waals surface area contributed by atoms with Crippen LogP contribution in [-0.4, -0.2) is 126 Å². The second-order valence-electron chi connectivity index (χ2n) is 17.3. The Hall–Kier alpha value is -2.78. The van der Waals surface area contributed by atoms with Crippen LogP contribution >= 0.6 is 0 Å². The zero-order valence-corrected chi connectivity index (χ0v) is 35.4. The van der Waals surface area contributed by atoms with Gasteiger partial charge in [-0.1, -0.05) is 44.6 Å². The van der Waals surface area contributed by atoms with Gasteiger partial charge in [-0.15, -0.1) is 6.58 Å². The summed E-state index contributed by atoms with van der Waals surface area (Å²) in [6.07, 6.45) is 4.93. The van der Waals surface area contributed by atoms with Gasteiger partial charge in [0.2, 0.25) is 5.79 Å². The fourth-order valence-corrected chi connectivity index (χ4v) is 9.42. The molecule has 4 aliphatic rings. The number of rotatable bonds is 7. The summed E-state index contributed by atoms with van der Waals surface area (Å²) in [5.74, 6) is -7.76. The van der Waals surface area contributed by atoms with Gasteiger partial charge in [0.15, 0.2) is 0 Å². The third-order valence-electron chi connectivity index (χ3n) is 12.9. The maximum Gasteiger partial charge on any atom is 0.329 e. The van der Waals surface area contributed by atoms with Gasteiger partial charge in [-0.05, 0) is 95.5 Å².